The second-order valence-electron chi connectivity index (χ2n) is 4.83. The lowest BCUT2D eigenvalue weighted by atomic mass is 9.94. The van der Waals surface area contributed by atoms with Gasteiger partial charge in [0, 0.05) is 17.5 Å². The van der Waals surface area contributed by atoms with Crippen molar-refractivity contribution in [2.45, 2.75) is 38.8 Å². The first-order chi connectivity index (χ1) is 8.74. The minimum Gasteiger partial charge on any atom is -0.306 e. The molecule has 96 valence electrons. The monoisotopic (exact) mass is 389 g/mol. The first kappa shape index (κ1) is 13.1. The van der Waals surface area contributed by atoms with Gasteiger partial charge < -0.3 is 5.32 Å². The van der Waals surface area contributed by atoms with Gasteiger partial charge in [0.1, 0.15) is 0 Å². The van der Waals surface area contributed by atoms with Crippen LogP contribution in [0, 0.1) is 9.81 Å². The zero-order valence-electron chi connectivity index (χ0n) is 10.3. The summed E-state index contributed by atoms with van der Waals surface area (Å²) in [6.07, 6.45) is 3.88. The smallest absolute Gasteiger partial charge is 0.0659 e. The highest BCUT2D eigenvalue weighted by Crippen LogP contribution is 2.36. The average molecular weight is 389 g/mol. The van der Waals surface area contributed by atoms with E-state index in [1.165, 1.54) is 33.3 Å². The molecule has 1 aliphatic carbocycles. The molecule has 0 radical (unpaired) electrons. The van der Waals surface area contributed by atoms with Crippen molar-refractivity contribution in [2.75, 3.05) is 0 Å². The Morgan fingerprint density at radius 3 is 3.11 bits per heavy atom. The number of nitrogens with one attached hydrogen (secondary N) is 1. The molecule has 1 nitrogen and oxygen atoms in total. The predicted molar refractivity (Wildman–Crippen MR) is 88.6 cm³/mol. The minimum absolute atomic E-state index is 0.563. The molecule has 1 aliphatic rings. The van der Waals surface area contributed by atoms with Crippen molar-refractivity contribution in [3.05, 3.63) is 41.3 Å². The zero-order chi connectivity index (χ0) is 12.5. The van der Waals surface area contributed by atoms with Crippen LogP contribution < -0.4 is 5.32 Å². The molecule has 0 fully saturated rings. The van der Waals surface area contributed by atoms with Crippen LogP contribution in [0.2, 0.25) is 0 Å². The van der Waals surface area contributed by atoms with Gasteiger partial charge >= 0.3 is 0 Å². The standard InChI is InChI=1S/C14H16INS2/c1-9-7-17-8-10(9)6-16-12-3-2-4-13-11(12)5-14(15)18-13/h5,7-8,12,16H,2-4,6H2,1H3. The second kappa shape index (κ2) is 5.61. The van der Waals surface area contributed by atoms with Crippen molar-refractivity contribution in [3.63, 3.8) is 0 Å². The quantitative estimate of drug-likeness (QED) is 0.738. The van der Waals surface area contributed by atoms with Crippen LogP contribution in [-0.4, -0.2) is 0 Å². The number of fused-ring (bicyclic) bond motifs is 1. The van der Waals surface area contributed by atoms with Crippen molar-refractivity contribution in [3.8, 4) is 0 Å². The van der Waals surface area contributed by atoms with Crippen molar-refractivity contribution >= 4 is 45.3 Å². The van der Waals surface area contributed by atoms with Crippen LogP contribution in [0.15, 0.2) is 16.8 Å². The maximum absolute atomic E-state index is 3.74. The molecule has 0 saturated heterocycles. The highest BCUT2D eigenvalue weighted by atomic mass is 127. The number of halogens is 1. The molecule has 1 N–H and O–H groups in total. The van der Waals surface area contributed by atoms with Gasteiger partial charge in [0.05, 0.1) is 2.88 Å². The number of rotatable bonds is 3. The summed E-state index contributed by atoms with van der Waals surface area (Å²) in [5.41, 5.74) is 4.43. The third kappa shape index (κ3) is 2.66. The molecule has 4 heteroatoms. The summed E-state index contributed by atoms with van der Waals surface area (Å²) in [5.74, 6) is 0. The highest BCUT2D eigenvalue weighted by Gasteiger charge is 2.22. The summed E-state index contributed by atoms with van der Waals surface area (Å²) in [6, 6.07) is 2.94. The molecule has 0 aliphatic heterocycles. The van der Waals surface area contributed by atoms with Crippen molar-refractivity contribution in [1.82, 2.24) is 5.32 Å². The van der Waals surface area contributed by atoms with Gasteiger partial charge in [0.25, 0.3) is 0 Å². The van der Waals surface area contributed by atoms with Gasteiger partial charge in [0.15, 0.2) is 0 Å². The molecule has 0 saturated carbocycles. The normalized spacial score (nSPS) is 18.9. The van der Waals surface area contributed by atoms with E-state index >= 15 is 0 Å². The third-order valence-electron chi connectivity index (χ3n) is 3.58. The Labute approximate surface area is 130 Å². The Hall–Kier alpha value is 0.0900. The van der Waals surface area contributed by atoms with Crippen LogP contribution in [0.1, 0.15) is 40.5 Å². The van der Waals surface area contributed by atoms with Gasteiger partial charge in [-0.3, -0.25) is 0 Å². The second-order valence-corrected chi connectivity index (χ2v) is 8.61. The molecule has 1 unspecified atom stereocenters. The number of aryl methyl sites for hydroxylation is 2. The van der Waals surface area contributed by atoms with E-state index in [4.69, 9.17) is 0 Å². The van der Waals surface area contributed by atoms with Crippen molar-refractivity contribution in [2.24, 2.45) is 0 Å². The number of hydrogen-bond acceptors (Lipinski definition) is 3. The molecule has 1 atom stereocenters. The Morgan fingerprint density at radius 2 is 2.33 bits per heavy atom. The fraction of sp³-hybridized carbons (Fsp3) is 0.429. The molecule has 0 bridgehead atoms. The van der Waals surface area contributed by atoms with Crippen LogP contribution in [0.4, 0.5) is 0 Å². The number of thiophene rings is 2. The van der Waals surface area contributed by atoms with Gasteiger partial charge in [-0.25, -0.2) is 0 Å². The molecule has 2 aromatic heterocycles. The fourth-order valence-corrected chi connectivity index (χ4v) is 5.51. The van der Waals surface area contributed by atoms with Crippen LogP contribution in [0.3, 0.4) is 0 Å². The Morgan fingerprint density at radius 1 is 1.44 bits per heavy atom. The van der Waals surface area contributed by atoms with Gasteiger partial charge in [-0.15, -0.1) is 11.3 Å². The van der Waals surface area contributed by atoms with Crippen molar-refractivity contribution in [1.29, 1.82) is 0 Å². The Kier molecular flexibility index (Phi) is 4.08. The van der Waals surface area contributed by atoms with Gasteiger partial charge in [-0.05, 0) is 82.3 Å². The number of hydrogen-bond donors (Lipinski definition) is 1. The van der Waals surface area contributed by atoms with E-state index in [0.29, 0.717) is 6.04 Å². The lowest BCUT2D eigenvalue weighted by molar-refractivity contribution is 0.463. The van der Waals surface area contributed by atoms with E-state index < -0.39 is 0 Å². The van der Waals surface area contributed by atoms with E-state index in [9.17, 15) is 0 Å². The van der Waals surface area contributed by atoms with E-state index in [-0.39, 0.29) is 0 Å². The average Bonchev–Trinajstić information content (AvgIpc) is 2.91. The topological polar surface area (TPSA) is 12.0 Å². The molecule has 2 aromatic rings. The third-order valence-corrected chi connectivity index (χ3v) is 6.47. The first-order valence-corrected chi connectivity index (χ1v) is 9.11. The summed E-state index contributed by atoms with van der Waals surface area (Å²) in [7, 11) is 0. The first-order valence-electron chi connectivity index (χ1n) is 6.27. The molecule has 2 heterocycles. The van der Waals surface area contributed by atoms with Crippen LogP contribution in [-0.2, 0) is 13.0 Å². The van der Waals surface area contributed by atoms with Gasteiger partial charge in [-0.1, -0.05) is 0 Å². The molecule has 0 amide bonds. The fourth-order valence-electron chi connectivity index (χ4n) is 2.53. The van der Waals surface area contributed by atoms with Gasteiger partial charge in [0.2, 0.25) is 0 Å². The largest absolute Gasteiger partial charge is 0.306 e. The maximum Gasteiger partial charge on any atom is 0.0659 e. The van der Waals surface area contributed by atoms with Crippen molar-refractivity contribution < 1.29 is 0 Å². The molecule has 0 spiro atoms. The maximum atomic E-state index is 3.74. The summed E-state index contributed by atoms with van der Waals surface area (Å²) in [6.45, 7) is 3.21. The summed E-state index contributed by atoms with van der Waals surface area (Å²) in [4.78, 5) is 1.60. The molecular weight excluding hydrogens is 373 g/mol. The Balaban J connectivity index is 1.73. The van der Waals surface area contributed by atoms with Crippen LogP contribution in [0.25, 0.3) is 0 Å². The highest BCUT2D eigenvalue weighted by molar-refractivity contribution is 14.1. The lowest BCUT2D eigenvalue weighted by Crippen LogP contribution is -2.23. The van der Waals surface area contributed by atoms with Gasteiger partial charge in [-0.2, -0.15) is 11.3 Å². The SMILES string of the molecule is Cc1cscc1CNC1CCCc2sc(I)cc21. The van der Waals surface area contributed by atoms with E-state index in [2.05, 4.69) is 51.7 Å². The molecule has 18 heavy (non-hydrogen) atoms. The van der Waals surface area contributed by atoms with Crippen LogP contribution in [0.5, 0.6) is 0 Å². The predicted octanol–water partition coefficient (Wildman–Crippen LogP) is 4.89. The Bertz CT molecular complexity index is 544. The molecule has 3 rings (SSSR count). The van der Waals surface area contributed by atoms with Crippen LogP contribution >= 0.6 is 45.3 Å². The van der Waals surface area contributed by atoms with E-state index in [1.54, 1.807) is 21.8 Å². The minimum atomic E-state index is 0.563. The summed E-state index contributed by atoms with van der Waals surface area (Å²) >= 11 is 6.22. The van der Waals surface area contributed by atoms with E-state index in [1.807, 2.05) is 11.3 Å². The zero-order valence-corrected chi connectivity index (χ0v) is 14.1. The summed E-state index contributed by atoms with van der Waals surface area (Å²) < 4.78 is 1.43. The lowest BCUT2D eigenvalue weighted by Gasteiger charge is -2.23. The molecular formula is C14H16INS2. The van der Waals surface area contributed by atoms with E-state index in [0.717, 1.165) is 6.54 Å². The summed E-state index contributed by atoms with van der Waals surface area (Å²) in [5, 5.41) is 8.24. The molecule has 0 aromatic carbocycles.